The number of ether oxygens (including phenoxy) is 2. The van der Waals surface area contributed by atoms with Crippen LogP contribution in [0, 0.1) is 0 Å². The van der Waals surface area contributed by atoms with E-state index in [0.717, 1.165) is 0 Å². The number of nitrogens with zero attached hydrogens (tertiary/aromatic N) is 4. The molecule has 0 radical (unpaired) electrons. The summed E-state index contributed by atoms with van der Waals surface area (Å²) in [6.45, 7) is 5.33. The molecule has 180 valence electrons. The number of carbonyl (C=O) groups excluding carboxylic acids is 2. The molecule has 5 atom stereocenters. The van der Waals surface area contributed by atoms with Crippen LogP contribution in [0.25, 0.3) is 11.2 Å². The summed E-state index contributed by atoms with van der Waals surface area (Å²) in [5, 5.41) is 26.3. The van der Waals surface area contributed by atoms with Crippen molar-refractivity contribution < 1.29 is 29.3 Å². The van der Waals surface area contributed by atoms with E-state index in [2.05, 4.69) is 30.6 Å². The number of likely N-dealkylation sites (tertiary alicyclic amines) is 1. The zero-order valence-electron chi connectivity index (χ0n) is 18.7. The van der Waals surface area contributed by atoms with E-state index in [1.165, 1.54) is 17.6 Å². The number of imidazole rings is 1. The van der Waals surface area contributed by atoms with Gasteiger partial charge in [0.2, 0.25) is 5.91 Å². The molecule has 2 fully saturated rings. The van der Waals surface area contributed by atoms with Gasteiger partial charge in [-0.1, -0.05) is 0 Å². The Labute approximate surface area is 189 Å². The summed E-state index contributed by atoms with van der Waals surface area (Å²) in [4.78, 5) is 41.6. The molecule has 2 aliphatic rings. The van der Waals surface area contributed by atoms with Crippen LogP contribution in [0.2, 0.25) is 0 Å². The SMILES string of the molecule is CC(C)(C)OC(=O)N1CC[C@@H]1C(=O)N[C@@H]1C[C@H](O)[C@@H](Nc2ncnc3nc[nH]c23)O[C@H]1CO. The Morgan fingerprint density at radius 2 is 2.12 bits per heavy atom. The van der Waals surface area contributed by atoms with Gasteiger partial charge in [0.25, 0.3) is 0 Å². The Morgan fingerprint density at radius 1 is 1.33 bits per heavy atom. The molecular formula is C20H29N7O6. The zero-order valence-corrected chi connectivity index (χ0v) is 18.7. The first-order valence-electron chi connectivity index (χ1n) is 10.8. The minimum absolute atomic E-state index is 0.130. The van der Waals surface area contributed by atoms with Crippen LogP contribution >= 0.6 is 0 Å². The Bertz CT molecular complexity index is 1010. The predicted molar refractivity (Wildman–Crippen MR) is 115 cm³/mol. The van der Waals surface area contributed by atoms with Crippen molar-refractivity contribution in [3.63, 3.8) is 0 Å². The Kier molecular flexibility index (Phi) is 6.36. The maximum Gasteiger partial charge on any atom is 0.410 e. The van der Waals surface area contributed by atoms with Crippen molar-refractivity contribution >= 4 is 29.0 Å². The van der Waals surface area contributed by atoms with E-state index < -0.39 is 42.2 Å². The zero-order chi connectivity index (χ0) is 23.8. The summed E-state index contributed by atoms with van der Waals surface area (Å²) in [5.41, 5.74) is 0.345. The summed E-state index contributed by atoms with van der Waals surface area (Å²) in [7, 11) is 0. The Hall–Kier alpha value is -3.03. The van der Waals surface area contributed by atoms with Crippen molar-refractivity contribution in [2.75, 3.05) is 18.5 Å². The summed E-state index contributed by atoms with van der Waals surface area (Å²) in [6.07, 6.45) is 0.242. The van der Waals surface area contributed by atoms with E-state index in [4.69, 9.17) is 9.47 Å². The van der Waals surface area contributed by atoms with Gasteiger partial charge in [-0.25, -0.2) is 19.7 Å². The molecule has 0 saturated carbocycles. The molecule has 33 heavy (non-hydrogen) atoms. The highest BCUT2D eigenvalue weighted by Gasteiger charge is 2.43. The molecule has 0 aliphatic carbocycles. The van der Waals surface area contributed by atoms with Crippen molar-refractivity contribution in [3.8, 4) is 0 Å². The number of carbonyl (C=O) groups is 2. The van der Waals surface area contributed by atoms with Crippen LogP contribution in [-0.4, -0.2) is 96.3 Å². The maximum atomic E-state index is 12.8. The minimum Gasteiger partial charge on any atom is -0.444 e. The fraction of sp³-hybridized carbons (Fsp3) is 0.650. The van der Waals surface area contributed by atoms with E-state index in [1.54, 1.807) is 20.8 Å². The maximum absolute atomic E-state index is 12.8. The van der Waals surface area contributed by atoms with Gasteiger partial charge in [-0.3, -0.25) is 9.69 Å². The molecule has 0 bridgehead atoms. The molecule has 2 aromatic heterocycles. The number of aliphatic hydroxyl groups excluding tert-OH is 2. The predicted octanol–water partition coefficient (Wildman–Crippen LogP) is -0.273. The van der Waals surface area contributed by atoms with Gasteiger partial charge >= 0.3 is 6.09 Å². The number of hydrogen-bond donors (Lipinski definition) is 5. The lowest BCUT2D eigenvalue weighted by Crippen LogP contribution is -2.63. The Morgan fingerprint density at radius 3 is 2.79 bits per heavy atom. The van der Waals surface area contributed by atoms with Gasteiger partial charge in [0.1, 0.15) is 35.7 Å². The molecule has 0 unspecified atom stereocenters. The van der Waals surface area contributed by atoms with E-state index in [-0.39, 0.29) is 18.9 Å². The van der Waals surface area contributed by atoms with Crippen LogP contribution < -0.4 is 10.6 Å². The van der Waals surface area contributed by atoms with Crippen LogP contribution in [0.15, 0.2) is 12.7 Å². The molecule has 2 aliphatic heterocycles. The van der Waals surface area contributed by atoms with E-state index in [1.807, 2.05) is 0 Å². The quantitative estimate of drug-likeness (QED) is 0.397. The van der Waals surface area contributed by atoms with E-state index >= 15 is 0 Å². The van der Waals surface area contributed by atoms with Crippen molar-refractivity contribution in [1.82, 2.24) is 30.2 Å². The average molecular weight is 463 g/mol. The lowest BCUT2D eigenvalue weighted by molar-refractivity contribution is -0.147. The topological polar surface area (TPSA) is 175 Å². The highest BCUT2D eigenvalue weighted by molar-refractivity contribution is 5.87. The molecule has 0 aromatic carbocycles. The average Bonchev–Trinajstić information content (AvgIpc) is 3.17. The van der Waals surface area contributed by atoms with Gasteiger partial charge in [-0.2, -0.15) is 0 Å². The van der Waals surface area contributed by atoms with E-state index in [9.17, 15) is 19.8 Å². The highest BCUT2D eigenvalue weighted by Crippen LogP contribution is 2.26. The summed E-state index contributed by atoms with van der Waals surface area (Å²) >= 11 is 0. The molecule has 13 heteroatoms. The van der Waals surface area contributed by atoms with Crippen LogP contribution in [0.1, 0.15) is 33.6 Å². The summed E-state index contributed by atoms with van der Waals surface area (Å²) in [5.74, 6) is 0.0101. The number of amides is 2. The highest BCUT2D eigenvalue weighted by atomic mass is 16.6. The van der Waals surface area contributed by atoms with Crippen LogP contribution in [0.3, 0.4) is 0 Å². The van der Waals surface area contributed by atoms with Crippen molar-refractivity contribution in [2.45, 2.75) is 69.7 Å². The first-order chi connectivity index (χ1) is 15.7. The molecular weight excluding hydrogens is 434 g/mol. The number of aliphatic hydroxyl groups is 2. The van der Waals surface area contributed by atoms with Crippen molar-refractivity contribution in [3.05, 3.63) is 12.7 Å². The van der Waals surface area contributed by atoms with E-state index in [0.29, 0.717) is 29.9 Å². The number of aromatic amines is 1. The second kappa shape index (κ2) is 9.08. The van der Waals surface area contributed by atoms with Gasteiger partial charge in [-0.05, 0) is 27.2 Å². The third kappa shape index (κ3) is 4.99. The smallest absolute Gasteiger partial charge is 0.410 e. The van der Waals surface area contributed by atoms with Gasteiger partial charge in [0, 0.05) is 13.0 Å². The third-order valence-corrected chi connectivity index (χ3v) is 5.57. The molecule has 0 spiro atoms. The van der Waals surface area contributed by atoms with Crippen LogP contribution in [0.5, 0.6) is 0 Å². The molecule has 4 heterocycles. The van der Waals surface area contributed by atoms with Crippen LogP contribution in [0.4, 0.5) is 10.6 Å². The number of fused-ring (bicyclic) bond motifs is 1. The fourth-order valence-corrected chi connectivity index (χ4v) is 3.85. The molecule has 5 N–H and O–H groups in total. The molecule has 2 amide bonds. The van der Waals surface area contributed by atoms with Gasteiger partial charge < -0.3 is 35.3 Å². The standard InChI is InChI=1S/C20H29N7O6/c1-20(2,3)33-19(31)27-5-4-11(27)17(30)25-10-6-12(29)18(32-13(10)7-28)26-16-14-15(22-8-21-14)23-9-24-16/h8-13,18,28-29H,4-7H2,1-3H3,(H,25,30)(H2,21,22,23,24,26)/t10-,11-,12+,13+,18+/m1/s1. The normalized spacial score (nSPS) is 27.7. The second-order valence-corrected chi connectivity index (χ2v) is 9.14. The second-order valence-electron chi connectivity index (χ2n) is 9.14. The molecule has 2 aromatic rings. The number of hydrogen-bond acceptors (Lipinski definition) is 10. The first-order valence-corrected chi connectivity index (χ1v) is 10.8. The molecule has 13 nitrogen and oxygen atoms in total. The van der Waals surface area contributed by atoms with Gasteiger partial charge in [0.15, 0.2) is 17.7 Å². The fourth-order valence-electron chi connectivity index (χ4n) is 3.85. The largest absolute Gasteiger partial charge is 0.444 e. The lowest BCUT2D eigenvalue weighted by atomic mass is 9.97. The first kappa shape index (κ1) is 23.1. The minimum atomic E-state index is -1.01. The number of rotatable bonds is 5. The summed E-state index contributed by atoms with van der Waals surface area (Å²) in [6, 6.07) is -1.31. The number of nitrogens with one attached hydrogen (secondary N) is 3. The monoisotopic (exact) mass is 463 g/mol. The third-order valence-electron chi connectivity index (χ3n) is 5.57. The van der Waals surface area contributed by atoms with Crippen LogP contribution in [-0.2, 0) is 14.3 Å². The number of aromatic nitrogens is 4. The van der Waals surface area contributed by atoms with Gasteiger partial charge in [-0.15, -0.1) is 0 Å². The van der Waals surface area contributed by atoms with Crippen molar-refractivity contribution in [2.24, 2.45) is 0 Å². The Balaban J connectivity index is 1.37. The molecule has 2 saturated heterocycles. The van der Waals surface area contributed by atoms with Crippen molar-refractivity contribution in [1.29, 1.82) is 0 Å². The number of anilines is 1. The summed E-state index contributed by atoms with van der Waals surface area (Å²) < 4.78 is 11.2. The lowest BCUT2D eigenvalue weighted by Gasteiger charge is -2.43. The van der Waals surface area contributed by atoms with Gasteiger partial charge in [0.05, 0.1) is 19.0 Å². The molecule has 4 rings (SSSR count). The number of H-pyrrole nitrogens is 1.